The van der Waals surface area contributed by atoms with Gasteiger partial charge in [-0.3, -0.25) is 0 Å². The van der Waals surface area contributed by atoms with E-state index in [1.807, 2.05) is 0 Å². The molecule has 2 heteroatoms. The standard InChI is InChI=1S/C9H17NO/c1-4-5-6-8(11)9(2,3)7-10/h8,11H,4-6H2,1-3H3. The fourth-order valence-electron chi connectivity index (χ4n) is 0.833. The number of nitrogens with zero attached hydrogens (tertiary/aromatic N) is 1. The third kappa shape index (κ3) is 3.38. The van der Waals surface area contributed by atoms with Crippen LogP contribution < -0.4 is 0 Å². The van der Waals surface area contributed by atoms with Crippen LogP contribution in [0.15, 0.2) is 0 Å². The van der Waals surface area contributed by atoms with Crippen LogP contribution in [0.4, 0.5) is 0 Å². The van der Waals surface area contributed by atoms with Crippen LogP contribution in [0.1, 0.15) is 40.0 Å². The molecule has 0 aromatic rings. The summed E-state index contributed by atoms with van der Waals surface area (Å²) in [5.41, 5.74) is -0.588. The second-order valence-electron chi connectivity index (χ2n) is 3.49. The van der Waals surface area contributed by atoms with E-state index >= 15 is 0 Å². The summed E-state index contributed by atoms with van der Waals surface area (Å²) in [6, 6.07) is 2.10. The van der Waals surface area contributed by atoms with Gasteiger partial charge in [-0.05, 0) is 20.3 Å². The van der Waals surface area contributed by atoms with Crippen molar-refractivity contribution < 1.29 is 5.11 Å². The number of hydrogen-bond donors (Lipinski definition) is 1. The first-order valence-corrected chi connectivity index (χ1v) is 4.14. The second kappa shape index (κ2) is 4.35. The summed E-state index contributed by atoms with van der Waals surface area (Å²) < 4.78 is 0. The average Bonchev–Trinajstić information content (AvgIpc) is 2.00. The van der Waals surface area contributed by atoms with Gasteiger partial charge in [-0.2, -0.15) is 5.26 Å². The Labute approximate surface area is 68.8 Å². The van der Waals surface area contributed by atoms with Gasteiger partial charge in [0.15, 0.2) is 0 Å². The van der Waals surface area contributed by atoms with E-state index in [0.717, 1.165) is 19.3 Å². The van der Waals surface area contributed by atoms with E-state index in [0.29, 0.717) is 0 Å². The van der Waals surface area contributed by atoms with Crippen molar-refractivity contribution in [3.63, 3.8) is 0 Å². The van der Waals surface area contributed by atoms with E-state index in [2.05, 4.69) is 13.0 Å². The van der Waals surface area contributed by atoms with Crippen molar-refractivity contribution >= 4 is 0 Å². The van der Waals surface area contributed by atoms with Crippen molar-refractivity contribution in [1.82, 2.24) is 0 Å². The van der Waals surface area contributed by atoms with Crippen LogP contribution >= 0.6 is 0 Å². The van der Waals surface area contributed by atoms with E-state index in [4.69, 9.17) is 5.26 Å². The van der Waals surface area contributed by atoms with Crippen molar-refractivity contribution in [3.8, 4) is 6.07 Å². The van der Waals surface area contributed by atoms with Gasteiger partial charge in [0.25, 0.3) is 0 Å². The van der Waals surface area contributed by atoms with Gasteiger partial charge in [-0.1, -0.05) is 19.8 Å². The molecule has 0 bridgehead atoms. The Morgan fingerprint density at radius 3 is 2.45 bits per heavy atom. The van der Waals surface area contributed by atoms with E-state index in [-0.39, 0.29) is 0 Å². The van der Waals surface area contributed by atoms with Crippen LogP contribution in [0, 0.1) is 16.7 Å². The third-order valence-electron chi connectivity index (χ3n) is 1.95. The van der Waals surface area contributed by atoms with Crippen LogP contribution in [-0.4, -0.2) is 11.2 Å². The lowest BCUT2D eigenvalue weighted by Gasteiger charge is -2.22. The van der Waals surface area contributed by atoms with Crippen LogP contribution in [0.2, 0.25) is 0 Å². The molecule has 1 N–H and O–H groups in total. The fourth-order valence-corrected chi connectivity index (χ4v) is 0.833. The molecule has 0 radical (unpaired) electrons. The Morgan fingerprint density at radius 2 is 2.09 bits per heavy atom. The van der Waals surface area contributed by atoms with Crippen LogP contribution in [0.25, 0.3) is 0 Å². The van der Waals surface area contributed by atoms with Gasteiger partial charge >= 0.3 is 0 Å². The number of aliphatic hydroxyl groups excluding tert-OH is 1. The predicted molar refractivity (Wildman–Crippen MR) is 44.9 cm³/mol. The molecule has 0 saturated heterocycles. The highest BCUT2D eigenvalue weighted by Crippen LogP contribution is 2.22. The first kappa shape index (κ1) is 10.4. The molecule has 0 aliphatic carbocycles. The summed E-state index contributed by atoms with van der Waals surface area (Å²) in [6.45, 7) is 5.62. The Morgan fingerprint density at radius 1 is 1.55 bits per heavy atom. The molecule has 0 aliphatic rings. The fraction of sp³-hybridized carbons (Fsp3) is 0.889. The van der Waals surface area contributed by atoms with Gasteiger partial charge in [0.1, 0.15) is 0 Å². The Hall–Kier alpha value is -0.550. The zero-order valence-electron chi connectivity index (χ0n) is 7.59. The maximum absolute atomic E-state index is 9.49. The summed E-state index contributed by atoms with van der Waals surface area (Å²) in [4.78, 5) is 0. The minimum atomic E-state index is -0.588. The Balaban J connectivity index is 3.83. The first-order chi connectivity index (χ1) is 5.04. The third-order valence-corrected chi connectivity index (χ3v) is 1.95. The number of aliphatic hydroxyl groups is 1. The summed E-state index contributed by atoms with van der Waals surface area (Å²) in [5.74, 6) is 0. The molecule has 1 atom stereocenters. The number of hydrogen-bond acceptors (Lipinski definition) is 2. The molecule has 0 spiro atoms. The van der Waals surface area contributed by atoms with Gasteiger partial charge in [0.05, 0.1) is 17.6 Å². The number of unbranched alkanes of at least 4 members (excludes halogenated alkanes) is 1. The van der Waals surface area contributed by atoms with Crippen LogP contribution in [0.5, 0.6) is 0 Å². The Bertz CT molecular complexity index is 146. The molecule has 2 nitrogen and oxygen atoms in total. The highest BCUT2D eigenvalue weighted by Gasteiger charge is 2.26. The average molecular weight is 155 g/mol. The highest BCUT2D eigenvalue weighted by atomic mass is 16.3. The van der Waals surface area contributed by atoms with Gasteiger partial charge < -0.3 is 5.11 Å². The summed E-state index contributed by atoms with van der Waals surface area (Å²) in [7, 11) is 0. The largest absolute Gasteiger partial charge is 0.391 e. The molecule has 0 saturated carbocycles. The molecule has 0 amide bonds. The maximum Gasteiger partial charge on any atom is 0.0776 e. The molecule has 11 heavy (non-hydrogen) atoms. The quantitative estimate of drug-likeness (QED) is 0.675. The van der Waals surface area contributed by atoms with Gasteiger partial charge in [0, 0.05) is 0 Å². The topological polar surface area (TPSA) is 44.0 Å². The molecule has 64 valence electrons. The van der Waals surface area contributed by atoms with E-state index in [9.17, 15) is 5.11 Å². The van der Waals surface area contributed by atoms with E-state index < -0.39 is 11.5 Å². The smallest absolute Gasteiger partial charge is 0.0776 e. The van der Waals surface area contributed by atoms with Gasteiger partial charge in [-0.15, -0.1) is 0 Å². The van der Waals surface area contributed by atoms with E-state index in [1.54, 1.807) is 13.8 Å². The molecule has 0 aromatic heterocycles. The second-order valence-corrected chi connectivity index (χ2v) is 3.49. The molecule has 0 heterocycles. The highest BCUT2D eigenvalue weighted by molar-refractivity contribution is 4.96. The summed E-state index contributed by atoms with van der Waals surface area (Å²) >= 11 is 0. The molecule has 0 fully saturated rings. The van der Waals surface area contributed by atoms with Gasteiger partial charge in [-0.25, -0.2) is 0 Å². The minimum absolute atomic E-state index is 0.479. The summed E-state index contributed by atoms with van der Waals surface area (Å²) in [5, 5.41) is 18.1. The molecule has 1 unspecified atom stereocenters. The number of rotatable bonds is 4. The Kier molecular flexibility index (Phi) is 4.14. The van der Waals surface area contributed by atoms with Gasteiger partial charge in [0.2, 0.25) is 0 Å². The molecular weight excluding hydrogens is 138 g/mol. The van der Waals surface area contributed by atoms with Crippen molar-refractivity contribution in [3.05, 3.63) is 0 Å². The lowest BCUT2D eigenvalue weighted by Crippen LogP contribution is -2.27. The minimum Gasteiger partial charge on any atom is -0.391 e. The molecule has 0 aliphatic heterocycles. The molecule has 0 aromatic carbocycles. The van der Waals surface area contributed by atoms with Crippen molar-refractivity contribution in [2.45, 2.75) is 46.1 Å². The van der Waals surface area contributed by atoms with Crippen LogP contribution in [-0.2, 0) is 0 Å². The first-order valence-electron chi connectivity index (χ1n) is 4.14. The summed E-state index contributed by atoms with van der Waals surface area (Å²) in [6.07, 6.45) is 2.31. The normalized spacial score (nSPS) is 14.1. The number of nitriles is 1. The molecule has 0 rings (SSSR count). The van der Waals surface area contributed by atoms with Crippen LogP contribution in [0.3, 0.4) is 0 Å². The maximum atomic E-state index is 9.49. The van der Waals surface area contributed by atoms with E-state index in [1.165, 1.54) is 0 Å². The lowest BCUT2D eigenvalue weighted by molar-refractivity contribution is 0.0763. The lowest BCUT2D eigenvalue weighted by atomic mass is 9.86. The van der Waals surface area contributed by atoms with Crippen molar-refractivity contribution in [2.75, 3.05) is 0 Å². The zero-order valence-corrected chi connectivity index (χ0v) is 7.59. The monoisotopic (exact) mass is 155 g/mol. The van der Waals surface area contributed by atoms with Crippen molar-refractivity contribution in [2.24, 2.45) is 5.41 Å². The zero-order chi connectivity index (χ0) is 8.91. The SMILES string of the molecule is CCCCC(O)C(C)(C)C#N. The molecular formula is C9H17NO. The van der Waals surface area contributed by atoms with Crippen molar-refractivity contribution in [1.29, 1.82) is 5.26 Å². The predicted octanol–water partition coefficient (Wildman–Crippen LogP) is 2.09.